The lowest BCUT2D eigenvalue weighted by atomic mass is 9.88. The van der Waals surface area contributed by atoms with Crippen molar-refractivity contribution in [2.75, 3.05) is 0 Å². The zero-order valence-corrected chi connectivity index (χ0v) is 29.5. The third-order valence-electron chi connectivity index (χ3n) is 8.25. The summed E-state index contributed by atoms with van der Waals surface area (Å²) in [5, 5.41) is 8.50. The summed E-state index contributed by atoms with van der Waals surface area (Å²) in [4.78, 5) is 5.29. The average molecular weight is 602 g/mol. The van der Waals surface area contributed by atoms with Crippen LogP contribution in [0.2, 0.25) is 39.3 Å². The molecule has 0 aliphatic carbocycles. The lowest BCUT2D eigenvalue weighted by molar-refractivity contribution is 0.411. The highest BCUT2D eigenvalue weighted by Gasteiger charge is 2.26. The molecular weight excluding hydrogens is 559 g/mol. The molecule has 214 valence electrons. The van der Waals surface area contributed by atoms with Crippen LogP contribution in [0, 0.1) is 5.41 Å². The van der Waals surface area contributed by atoms with Crippen LogP contribution in [0.3, 0.4) is 0 Å². The summed E-state index contributed by atoms with van der Waals surface area (Å²) in [5.41, 5.74) is 6.59. The molecule has 2 heterocycles. The van der Waals surface area contributed by atoms with Gasteiger partial charge in [-0.15, -0.1) is 11.3 Å². The molecule has 0 spiro atoms. The molecular formula is C38H43NSSi2. The Bertz CT molecular complexity index is 1950. The van der Waals surface area contributed by atoms with E-state index in [1.54, 1.807) is 0 Å². The predicted molar refractivity (Wildman–Crippen MR) is 195 cm³/mol. The van der Waals surface area contributed by atoms with Crippen LogP contribution in [0.5, 0.6) is 0 Å². The van der Waals surface area contributed by atoms with E-state index < -0.39 is 16.1 Å². The van der Waals surface area contributed by atoms with Crippen LogP contribution < -0.4 is 10.4 Å². The number of thiophene rings is 1. The molecule has 0 fully saturated rings. The number of hydrogen-bond acceptors (Lipinski definition) is 2. The lowest BCUT2D eigenvalue weighted by Gasteiger charge is -2.22. The quantitative estimate of drug-likeness (QED) is 0.179. The molecule has 0 radical (unpaired) electrons. The third-order valence-corrected chi connectivity index (χ3v) is 13.4. The highest BCUT2D eigenvalue weighted by molar-refractivity contribution is 7.26. The number of aromatic nitrogens is 1. The minimum Gasteiger partial charge on any atom is -0.255 e. The molecule has 0 saturated carbocycles. The summed E-state index contributed by atoms with van der Waals surface area (Å²) in [6.45, 7) is 21.7. The highest BCUT2D eigenvalue weighted by atomic mass is 32.1. The fraction of sp³-hybridized carbons (Fsp3) is 0.289. The van der Waals surface area contributed by atoms with Crippen LogP contribution in [0.4, 0.5) is 0 Å². The maximum absolute atomic E-state index is 5.29. The normalized spacial score (nSPS) is 13.0. The maximum Gasteiger partial charge on any atom is 0.0880 e. The summed E-state index contributed by atoms with van der Waals surface area (Å²) >= 11 is 1.94. The molecule has 0 unspecified atom stereocenters. The van der Waals surface area contributed by atoms with Gasteiger partial charge in [0.2, 0.25) is 0 Å². The molecule has 0 aliphatic heterocycles. The molecule has 0 bridgehead atoms. The molecule has 0 aliphatic rings. The van der Waals surface area contributed by atoms with Crippen molar-refractivity contribution >= 4 is 68.8 Å². The van der Waals surface area contributed by atoms with Gasteiger partial charge in [-0.1, -0.05) is 126 Å². The van der Waals surface area contributed by atoms with Crippen molar-refractivity contribution < 1.29 is 0 Å². The van der Waals surface area contributed by atoms with Gasteiger partial charge in [-0.25, -0.2) is 0 Å². The fourth-order valence-corrected chi connectivity index (χ4v) is 10.7. The molecule has 0 saturated heterocycles. The van der Waals surface area contributed by atoms with Gasteiger partial charge in [0, 0.05) is 27.2 Å². The Kier molecular flexibility index (Phi) is 7.11. The van der Waals surface area contributed by atoms with Crippen LogP contribution in [0.15, 0.2) is 85.1 Å². The number of pyridine rings is 1. The van der Waals surface area contributed by atoms with E-state index in [2.05, 4.69) is 145 Å². The third kappa shape index (κ3) is 5.53. The van der Waals surface area contributed by atoms with Crippen molar-refractivity contribution in [1.82, 2.24) is 4.98 Å². The molecule has 6 aromatic rings. The summed E-state index contributed by atoms with van der Waals surface area (Å²) < 4.78 is 2.73. The summed E-state index contributed by atoms with van der Waals surface area (Å²) in [5.74, 6) is 0. The maximum atomic E-state index is 5.29. The second-order valence-corrected chi connectivity index (χ2v) is 26.3. The van der Waals surface area contributed by atoms with Crippen LogP contribution in [-0.4, -0.2) is 21.1 Å². The number of hydrogen-bond donors (Lipinski definition) is 0. The van der Waals surface area contributed by atoms with Gasteiger partial charge in [-0.3, -0.25) is 4.98 Å². The SMILES string of the molecule is CC(C)(C)Cc1ccc2c(c1)sc1c(-c3cc([Si](C)(C)C)c4ccc(-c5ccccc5)cc4c3)ncc([Si](C)(C)C)c12. The van der Waals surface area contributed by atoms with Gasteiger partial charge in [-0.05, 0) is 62.7 Å². The lowest BCUT2D eigenvalue weighted by Crippen LogP contribution is -2.38. The Morgan fingerprint density at radius 3 is 2.00 bits per heavy atom. The van der Waals surface area contributed by atoms with Gasteiger partial charge in [-0.2, -0.15) is 0 Å². The van der Waals surface area contributed by atoms with Gasteiger partial charge in [0.25, 0.3) is 0 Å². The first-order chi connectivity index (χ1) is 19.7. The first-order valence-corrected chi connectivity index (χ1v) is 23.0. The van der Waals surface area contributed by atoms with Gasteiger partial charge >= 0.3 is 0 Å². The molecule has 4 heteroatoms. The van der Waals surface area contributed by atoms with Crippen LogP contribution in [0.25, 0.3) is 53.3 Å². The highest BCUT2D eigenvalue weighted by Crippen LogP contribution is 2.40. The van der Waals surface area contributed by atoms with E-state index in [-0.39, 0.29) is 5.41 Å². The Morgan fingerprint density at radius 1 is 0.667 bits per heavy atom. The van der Waals surface area contributed by atoms with Crippen molar-refractivity contribution in [1.29, 1.82) is 0 Å². The zero-order valence-electron chi connectivity index (χ0n) is 26.6. The second kappa shape index (κ2) is 10.3. The molecule has 2 aromatic heterocycles. The topological polar surface area (TPSA) is 12.9 Å². The number of nitrogens with zero attached hydrogens (tertiary/aromatic N) is 1. The summed E-state index contributed by atoms with van der Waals surface area (Å²) in [6.07, 6.45) is 3.30. The summed E-state index contributed by atoms with van der Waals surface area (Å²) in [6, 6.07) is 29.8. The van der Waals surface area contributed by atoms with E-state index in [9.17, 15) is 0 Å². The van der Waals surface area contributed by atoms with Crippen LogP contribution in [-0.2, 0) is 6.42 Å². The monoisotopic (exact) mass is 601 g/mol. The molecule has 42 heavy (non-hydrogen) atoms. The van der Waals surface area contributed by atoms with Gasteiger partial charge in [0.1, 0.15) is 0 Å². The van der Waals surface area contributed by atoms with Gasteiger partial charge in [0.15, 0.2) is 0 Å². The first-order valence-electron chi connectivity index (χ1n) is 15.2. The molecule has 0 atom stereocenters. The largest absolute Gasteiger partial charge is 0.255 e. The Labute approximate surface area is 257 Å². The van der Waals surface area contributed by atoms with Crippen molar-refractivity contribution in [3.05, 3.63) is 90.6 Å². The fourth-order valence-electron chi connectivity index (χ4n) is 6.26. The van der Waals surface area contributed by atoms with E-state index in [1.807, 2.05) is 11.3 Å². The van der Waals surface area contributed by atoms with E-state index in [1.165, 1.54) is 63.6 Å². The van der Waals surface area contributed by atoms with Crippen molar-refractivity contribution in [3.63, 3.8) is 0 Å². The number of benzene rings is 4. The van der Waals surface area contributed by atoms with Crippen LogP contribution in [0.1, 0.15) is 26.3 Å². The minimum atomic E-state index is -1.65. The zero-order chi connectivity index (χ0) is 30.0. The van der Waals surface area contributed by atoms with Gasteiger partial charge in [0.05, 0.1) is 26.5 Å². The first kappa shape index (κ1) is 29.0. The Morgan fingerprint density at radius 2 is 1.33 bits per heavy atom. The van der Waals surface area contributed by atoms with E-state index in [0.717, 1.165) is 12.1 Å². The molecule has 0 amide bonds. The van der Waals surface area contributed by atoms with E-state index >= 15 is 0 Å². The molecule has 6 rings (SSSR count). The van der Waals surface area contributed by atoms with E-state index in [4.69, 9.17) is 4.98 Å². The van der Waals surface area contributed by atoms with E-state index in [0.29, 0.717) is 0 Å². The van der Waals surface area contributed by atoms with Crippen molar-refractivity contribution in [2.24, 2.45) is 5.41 Å². The number of rotatable bonds is 5. The second-order valence-electron chi connectivity index (χ2n) is 15.2. The van der Waals surface area contributed by atoms with Crippen molar-refractivity contribution in [3.8, 4) is 22.4 Å². The van der Waals surface area contributed by atoms with Gasteiger partial charge < -0.3 is 0 Å². The molecule has 0 N–H and O–H groups in total. The standard InChI is InChI=1S/C38H43NSSi2/c1-38(2,3)23-25-15-17-31-32(19-25)40-37-35(31)34(42(7,8)9)24-39-36(37)29-21-28-20-27(26-13-11-10-12-14-26)16-18-30(28)33(22-29)41(4,5)6/h10-22,24H,23H2,1-9H3. The molecule has 1 nitrogen and oxygen atoms in total. The van der Waals surface area contributed by atoms with Crippen LogP contribution >= 0.6 is 11.3 Å². The minimum absolute atomic E-state index is 0.261. The Balaban J connectivity index is 1.64. The Hall–Kier alpha value is -3.06. The number of fused-ring (bicyclic) bond motifs is 4. The predicted octanol–water partition coefficient (Wildman–Crippen LogP) is 10.6. The van der Waals surface area contributed by atoms with Crippen molar-refractivity contribution in [2.45, 2.75) is 66.5 Å². The smallest absolute Gasteiger partial charge is 0.0880 e. The molecule has 4 aromatic carbocycles. The average Bonchev–Trinajstić information content (AvgIpc) is 3.28. The summed E-state index contributed by atoms with van der Waals surface area (Å²) in [7, 11) is -3.28.